The number of hydrogen-bond donors (Lipinski definition) is 1. The van der Waals surface area contributed by atoms with Crippen LogP contribution in [0.15, 0.2) is 12.1 Å². The minimum atomic E-state index is -0.0944. The lowest BCUT2D eigenvalue weighted by atomic mass is 9.84. The van der Waals surface area contributed by atoms with E-state index in [4.69, 9.17) is 5.26 Å². The third kappa shape index (κ3) is 1.72. The molecule has 0 aliphatic carbocycles. The smallest absolute Gasteiger partial charge is 0.123 e. The van der Waals surface area contributed by atoms with E-state index in [0.29, 0.717) is 11.1 Å². The fourth-order valence-electron chi connectivity index (χ4n) is 1.43. The van der Waals surface area contributed by atoms with Gasteiger partial charge in [-0.25, -0.2) is 0 Å². The van der Waals surface area contributed by atoms with E-state index in [2.05, 4.69) is 6.07 Å². The van der Waals surface area contributed by atoms with Gasteiger partial charge in [0.05, 0.1) is 11.6 Å². The van der Waals surface area contributed by atoms with Crippen LogP contribution in [0.5, 0.6) is 5.75 Å². The molecule has 1 aromatic carbocycles. The molecule has 0 saturated carbocycles. The van der Waals surface area contributed by atoms with E-state index in [9.17, 15) is 5.11 Å². The molecule has 0 amide bonds. The van der Waals surface area contributed by atoms with Crippen molar-refractivity contribution in [1.82, 2.24) is 0 Å². The van der Waals surface area contributed by atoms with Gasteiger partial charge in [0.1, 0.15) is 5.75 Å². The van der Waals surface area contributed by atoms with Crippen molar-refractivity contribution in [2.24, 2.45) is 0 Å². The Morgan fingerprint density at radius 1 is 1.29 bits per heavy atom. The van der Waals surface area contributed by atoms with Gasteiger partial charge in [-0.2, -0.15) is 5.26 Å². The second-order valence-electron chi connectivity index (χ2n) is 4.50. The summed E-state index contributed by atoms with van der Waals surface area (Å²) in [4.78, 5) is 0. The zero-order valence-electron chi connectivity index (χ0n) is 9.05. The molecule has 0 unspecified atom stereocenters. The molecule has 74 valence electrons. The number of nitriles is 1. The van der Waals surface area contributed by atoms with E-state index >= 15 is 0 Å². The summed E-state index contributed by atoms with van der Waals surface area (Å²) in [5, 5.41) is 18.7. The van der Waals surface area contributed by atoms with Crippen LogP contribution in [0.3, 0.4) is 0 Å². The highest BCUT2D eigenvalue weighted by Gasteiger charge is 2.20. The van der Waals surface area contributed by atoms with Crippen LogP contribution in [0.25, 0.3) is 0 Å². The van der Waals surface area contributed by atoms with Crippen molar-refractivity contribution in [3.8, 4) is 11.8 Å². The zero-order chi connectivity index (χ0) is 10.9. The van der Waals surface area contributed by atoms with Gasteiger partial charge in [-0.3, -0.25) is 0 Å². The van der Waals surface area contributed by atoms with Crippen LogP contribution < -0.4 is 0 Å². The Kier molecular flexibility index (Phi) is 2.53. The summed E-state index contributed by atoms with van der Waals surface area (Å²) in [6.07, 6.45) is 0. The molecular formula is C12H15NO. The highest BCUT2D eigenvalue weighted by atomic mass is 16.3. The van der Waals surface area contributed by atoms with Gasteiger partial charge in [0.2, 0.25) is 0 Å². The van der Waals surface area contributed by atoms with E-state index in [1.807, 2.05) is 26.8 Å². The van der Waals surface area contributed by atoms with E-state index < -0.39 is 0 Å². The lowest BCUT2D eigenvalue weighted by molar-refractivity contribution is 0.442. The average Bonchev–Trinajstić information content (AvgIpc) is 2.07. The average molecular weight is 189 g/mol. The van der Waals surface area contributed by atoms with Crippen LogP contribution in [0.4, 0.5) is 0 Å². The van der Waals surface area contributed by atoms with Gasteiger partial charge in [-0.05, 0) is 24.0 Å². The van der Waals surface area contributed by atoms with E-state index in [0.717, 1.165) is 5.56 Å². The molecule has 0 heterocycles. The van der Waals surface area contributed by atoms with Gasteiger partial charge in [0.15, 0.2) is 0 Å². The first-order valence-electron chi connectivity index (χ1n) is 4.61. The summed E-state index contributed by atoms with van der Waals surface area (Å²) < 4.78 is 0. The predicted molar refractivity (Wildman–Crippen MR) is 56.3 cm³/mol. The maximum Gasteiger partial charge on any atom is 0.123 e. The van der Waals surface area contributed by atoms with Gasteiger partial charge < -0.3 is 5.11 Å². The van der Waals surface area contributed by atoms with Gasteiger partial charge in [-0.1, -0.05) is 26.8 Å². The standard InChI is InChI=1S/C12H15NO/c1-8-9(7-13)5-6-10(11(8)14)12(2,3)4/h5-6,14H,1-4H3. The summed E-state index contributed by atoms with van der Waals surface area (Å²) in [5.41, 5.74) is 1.99. The fraction of sp³-hybridized carbons (Fsp3) is 0.417. The van der Waals surface area contributed by atoms with Crippen LogP contribution in [0, 0.1) is 18.3 Å². The molecule has 0 aromatic heterocycles. The Morgan fingerprint density at radius 3 is 2.29 bits per heavy atom. The molecule has 0 aliphatic heterocycles. The largest absolute Gasteiger partial charge is 0.507 e. The molecule has 0 atom stereocenters. The van der Waals surface area contributed by atoms with E-state index in [-0.39, 0.29) is 11.2 Å². The summed E-state index contributed by atoms with van der Waals surface area (Å²) in [6.45, 7) is 7.87. The zero-order valence-corrected chi connectivity index (χ0v) is 9.05. The summed E-state index contributed by atoms with van der Waals surface area (Å²) in [6, 6.07) is 5.63. The van der Waals surface area contributed by atoms with Crippen LogP contribution in [0.1, 0.15) is 37.5 Å². The first kappa shape index (κ1) is 10.6. The maximum atomic E-state index is 9.89. The van der Waals surface area contributed by atoms with Crippen molar-refractivity contribution in [2.75, 3.05) is 0 Å². The highest BCUT2D eigenvalue weighted by molar-refractivity contribution is 5.51. The molecule has 0 bridgehead atoms. The number of nitrogens with zero attached hydrogens (tertiary/aromatic N) is 1. The lowest BCUT2D eigenvalue weighted by Gasteiger charge is -2.21. The topological polar surface area (TPSA) is 44.0 Å². The molecule has 0 saturated heterocycles. The van der Waals surface area contributed by atoms with Gasteiger partial charge >= 0.3 is 0 Å². The third-order valence-electron chi connectivity index (χ3n) is 2.36. The number of rotatable bonds is 0. The van der Waals surface area contributed by atoms with E-state index in [1.54, 1.807) is 13.0 Å². The predicted octanol–water partition coefficient (Wildman–Crippen LogP) is 2.87. The normalized spacial score (nSPS) is 11.1. The van der Waals surface area contributed by atoms with Gasteiger partial charge in [-0.15, -0.1) is 0 Å². The molecular weight excluding hydrogens is 174 g/mol. The summed E-state index contributed by atoms with van der Waals surface area (Å²) in [5.74, 6) is 0.247. The Morgan fingerprint density at radius 2 is 1.86 bits per heavy atom. The first-order valence-corrected chi connectivity index (χ1v) is 4.61. The minimum absolute atomic E-state index is 0.0944. The van der Waals surface area contributed by atoms with Crippen molar-refractivity contribution >= 4 is 0 Å². The monoisotopic (exact) mass is 189 g/mol. The molecule has 2 heteroatoms. The Labute approximate surface area is 84.8 Å². The number of hydrogen-bond acceptors (Lipinski definition) is 2. The summed E-state index contributed by atoms with van der Waals surface area (Å²) in [7, 11) is 0. The molecule has 0 fully saturated rings. The van der Waals surface area contributed by atoms with Crippen molar-refractivity contribution in [1.29, 1.82) is 5.26 Å². The van der Waals surface area contributed by atoms with E-state index in [1.165, 1.54) is 0 Å². The van der Waals surface area contributed by atoms with Crippen LogP contribution in [-0.4, -0.2) is 5.11 Å². The highest BCUT2D eigenvalue weighted by Crippen LogP contribution is 2.34. The van der Waals surface area contributed by atoms with Crippen molar-refractivity contribution in [3.63, 3.8) is 0 Å². The molecule has 1 N–H and O–H groups in total. The quantitative estimate of drug-likeness (QED) is 0.682. The van der Waals surface area contributed by atoms with Gasteiger partial charge in [0.25, 0.3) is 0 Å². The van der Waals surface area contributed by atoms with Gasteiger partial charge in [0, 0.05) is 5.56 Å². The van der Waals surface area contributed by atoms with Crippen molar-refractivity contribution in [2.45, 2.75) is 33.1 Å². The number of aromatic hydroxyl groups is 1. The second-order valence-corrected chi connectivity index (χ2v) is 4.50. The SMILES string of the molecule is Cc1c(C#N)ccc(C(C)(C)C)c1O. The molecule has 1 aromatic rings. The number of phenols is 1. The van der Waals surface area contributed by atoms with Crippen molar-refractivity contribution < 1.29 is 5.11 Å². The van der Waals surface area contributed by atoms with Crippen LogP contribution in [-0.2, 0) is 5.41 Å². The Hall–Kier alpha value is -1.49. The Balaban J connectivity index is 3.41. The lowest BCUT2D eigenvalue weighted by Crippen LogP contribution is -2.12. The first-order chi connectivity index (χ1) is 6.38. The summed E-state index contributed by atoms with van der Waals surface area (Å²) >= 11 is 0. The van der Waals surface area contributed by atoms with Crippen molar-refractivity contribution in [3.05, 3.63) is 28.8 Å². The third-order valence-corrected chi connectivity index (χ3v) is 2.36. The maximum absolute atomic E-state index is 9.89. The molecule has 0 aliphatic rings. The second kappa shape index (κ2) is 3.34. The molecule has 0 spiro atoms. The number of phenolic OH excluding ortho intramolecular Hbond substituents is 1. The molecule has 14 heavy (non-hydrogen) atoms. The van der Waals surface area contributed by atoms with Crippen LogP contribution in [0.2, 0.25) is 0 Å². The number of benzene rings is 1. The fourth-order valence-corrected chi connectivity index (χ4v) is 1.43. The molecule has 1 rings (SSSR count). The molecule has 0 radical (unpaired) electrons. The molecule has 2 nitrogen and oxygen atoms in total. The van der Waals surface area contributed by atoms with Crippen LogP contribution >= 0.6 is 0 Å². The Bertz CT molecular complexity index is 394. The minimum Gasteiger partial charge on any atom is -0.507 e.